The lowest BCUT2D eigenvalue weighted by atomic mass is 9.98. The zero-order chi connectivity index (χ0) is 28.3. The van der Waals surface area contributed by atoms with Crippen LogP contribution in [0.15, 0.2) is 59.4 Å². The third kappa shape index (κ3) is 6.41. The van der Waals surface area contributed by atoms with Crippen LogP contribution in [0.1, 0.15) is 77.2 Å². The van der Waals surface area contributed by atoms with Gasteiger partial charge in [-0.25, -0.2) is 4.98 Å². The molecule has 0 spiro atoms. The Hall–Kier alpha value is -3.46. The standard InChI is InChI=1S/C30H35F3N4O2/c1-19(2)25(36(17-16-34-4)28(38)23-12-10-20(3)11-13-23)27-35-26(30(31,32)33)24(22-14-15-22)29(39)37(27)18-21-8-6-5-7-9-21/h5-13,19,22,25,34H,14-18H2,1-4H3. The molecule has 0 radical (unpaired) electrons. The molecule has 1 N–H and O–H groups in total. The van der Waals surface area contributed by atoms with E-state index in [4.69, 9.17) is 0 Å². The second kappa shape index (κ2) is 11.7. The minimum atomic E-state index is -4.80. The Kier molecular flexibility index (Phi) is 8.59. The number of aromatic nitrogens is 2. The number of hydrogen-bond acceptors (Lipinski definition) is 4. The summed E-state index contributed by atoms with van der Waals surface area (Å²) in [7, 11) is 1.74. The summed E-state index contributed by atoms with van der Waals surface area (Å²) in [5.74, 6) is -1.17. The molecule has 1 saturated carbocycles. The lowest BCUT2D eigenvalue weighted by molar-refractivity contribution is -0.142. The van der Waals surface area contributed by atoms with E-state index in [9.17, 15) is 22.8 Å². The Bertz CT molecular complexity index is 1350. The van der Waals surface area contributed by atoms with E-state index < -0.39 is 29.4 Å². The zero-order valence-electron chi connectivity index (χ0n) is 22.8. The number of nitrogens with zero attached hydrogens (tertiary/aromatic N) is 3. The van der Waals surface area contributed by atoms with Crippen molar-refractivity contribution < 1.29 is 18.0 Å². The second-order valence-electron chi connectivity index (χ2n) is 10.5. The fraction of sp³-hybridized carbons (Fsp3) is 0.433. The minimum absolute atomic E-state index is 0.0489. The number of likely N-dealkylation sites (N-methyl/N-ethyl adjacent to an activating group) is 1. The number of rotatable bonds is 10. The zero-order valence-corrected chi connectivity index (χ0v) is 22.8. The molecule has 0 aliphatic heterocycles. The van der Waals surface area contributed by atoms with Gasteiger partial charge in [-0.3, -0.25) is 14.2 Å². The fourth-order valence-electron chi connectivity index (χ4n) is 4.95. The Balaban J connectivity index is 1.95. The molecule has 2 aromatic carbocycles. The molecular formula is C30H35F3N4O2. The molecule has 1 amide bonds. The molecule has 4 rings (SSSR count). The van der Waals surface area contributed by atoms with E-state index in [0.717, 1.165) is 11.1 Å². The summed E-state index contributed by atoms with van der Waals surface area (Å²) in [4.78, 5) is 33.5. The summed E-state index contributed by atoms with van der Waals surface area (Å²) in [5.41, 5.74) is 0.0918. The summed E-state index contributed by atoms with van der Waals surface area (Å²) in [5, 5.41) is 3.03. The van der Waals surface area contributed by atoms with E-state index in [-0.39, 0.29) is 36.3 Å². The summed E-state index contributed by atoms with van der Waals surface area (Å²) in [6.45, 7) is 6.27. The maximum absolute atomic E-state index is 14.4. The van der Waals surface area contributed by atoms with Crippen molar-refractivity contribution in [2.45, 2.75) is 58.3 Å². The van der Waals surface area contributed by atoms with Crippen molar-refractivity contribution in [1.29, 1.82) is 0 Å². The number of carbonyl (C=O) groups is 1. The highest BCUT2D eigenvalue weighted by Crippen LogP contribution is 2.44. The summed E-state index contributed by atoms with van der Waals surface area (Å²) < 4.78 is 44.5. The minimum Gasteiger partial charge on any atom is -0.327 e. The third-order valence-corrected chi connectivity index (χ3v) is 7.07. The number of amides is 1. The van der Waals surface area contributed by atoms with Crippen molar-refractivity contribution in [2.24, 2.45) is 5.92 Å². The first-order chi connectivity index (χ1) is 18.5. The van der Waals surface area contributed by atoms with E-state index in [0.29, 0.717) is 24.9 Å². The van der Waals surface area contributed by atoms with Crippen LogP contribution in [0.3, 0.4) is 0 Å². The average molecular weight is 541 g/mol. The maximum Gasteiger partial charge on any atom is 0.433 e. The fourth-order valence-corrected chi connectivity index (χ4v) is 4.95. The van der Waals surface area contributed by atoms with Gasteiger partial charge in [-0.15, -0.1) is 0 Å². The van der Waals surface area contributed by atoms with Gasteiger partial charge in [-0.05, 0) is 56.3 Å². The molecule has 1 aliphatic rings. The monoisotopic (exact) mass is 540 g/mol. The average Bonchev–Trinajstić information content (AvgIpc) is 3.73. The quantitative estimate of drug-likeness (QED) is 0.366. The number of alkyl halides is 3. The summed E-state index contributed by atoms with van der Waals surface area (Å²) in [6.07, 6.45) is -3.74. The van der Waals surface area contributed by atoms with Gasteiger partial charge in [0.15, 0.2) is 5.69 Å². The van der Waals surface area contributed by atoms with Gasteiger partial charge in [0.05, 0.1) is 18.2 Å². The van der Waals surface area contributed by atoms with Crippen molar-refractivity contribution in [2.75, 3.05) is 20.1 Å². The molecule has 1 atom stereocenters. The smallest absolute Gasteiger partial charge is 0.327 e. The van der Waals surface area contributed by atoms with Crippen LogP contribution in [0.5, 0.6) is 0 Å². The number of carbonyl (C=O) groups excluding carboxylic acids is 1. The van der Waals surface area contributed by atoms with Gasteiger partial charge in [-0.2, -0.15) is 13.2 Å². The first-order valence-electron chi connectivity index (χ1n) is 13.3. The maximum atomic E-state index is 14.4. The van der Waals surface area contributed by atoms with E-state index in [2.05, 4.69) is 10.3 Å². The Morgan fingerprint density at radius 3 is 2.28 bits per heavy atom. The van der Waals surface area contributed by atoms with Crippen LogP contribution in [0.4, 0.5) is 13.2 Å². The van der Waals surface area contributed by atoms with Crippen molar-refractivity contribution >= 4 is 5.91 Å². The van der Waals surface area contributed by atoms with Gasteiger partial charge in [0.25, 0.3) is 11.5 Å². The Morgan fingerprint density at radius 2 is 1.74 bits per heavy atom. The van der Waals surface area contributed by atoms with Gasteiger partial charge in [-0.1, -0.05) is 61.9 Å². The molecule has 39 heavy (non-hydrogen) atoms. The van der Waals surface area contributed by atoms with Crippen molar-refractivity contribution in [3.8, 4) is 0 Å². The van der Waals surface area contributed by atoms with Crippen molar-refractivity contribution in [1.82, 2.24) is 19.8 Å². The van der Waals surface area contributed by atoms with Crippen LogP contribution in [0, 0.1) is 12.8 Å². The first-order valence-corrected chi connectivity index (χ1v) is 13.3. The van der Waals surface area contributed by atoms with Gasteiger partial charge >= 0.3 is 6.18 Å². The van der Waals surface area contributed by atoms with Gasteiger partial charge in [0.1, 0.15) is 5.82 Å². The van der Waals surface area contributed by atoms with Crippen LogP contribution < -0.4 is 10.9 Å². The van der Waals surface area contributed by atoms with Gasteiger partial charge < -0.3 is 10.2 Å². The van der Waals surface area contributed by atoms with Crippen LogP contribution in [-0.4, -0.2) is 40.5 Å². The molecule has 1 aromatic heterocycles. The lowest BCUT2D eigenvalue weighted by Crippen LogP contribution is -2.45. The molecule has 208 valence electrons. The highest BCUT2D eigenvalue weighted by atomic mass is 19.4. The van der Waals surface area contributed by atoms with Crippen LogP contribution in [0.2, 0.25) is 0 Å². The lowest BCUT2D eigenvalue weighted by Gasteiger charge is -2.36. The SMILES string of the molecule is CNCCN(C(=O)c1ccc(C)cc1)C(c1nc(C(F)(F)F)c(C2CC2)c(=O)n1Cc1ccccc1)C(C)C. The van der Waals surface area contributed by atoms with Crippen molar-refractivity contribution in [3.05, 3.63) is 98.7 Å². The summed E-state index contributed by atoms with van der Waals surface area (Å²) >= 11 is 0. The molecule has 6 nitrogen and oxygen atoms in total. The number of benzene rings is 2. The molecular weight excluding hydrogens is 505 g/mol. The van der Waals surface area contributed by atoms with Crippen LogP contribution >= 0.6 is 0 Å². The Labute approximate surface area is 226 Å². The van der Waals surface area contributed by atoms with Crippen LogP contribution in [0.25, 0.3) is 0 Å². The molecule has 1 fully saturated rings. The largest absolute Gasteiger partial charge is 0.433 e. The predicted molar refractivity (Wildman–Crippen MR) is 145 cm³/mol. The molecule has 1 unspecified atom stereocenters. The van der Waals surface area contributed by atoms with Gasteiger partial charge in [0.2, 0.25) is 0 Å². The Morgan fingerprint density at radius 1 is 1.10 bits per heavy atom. The molecule has 0 saturated heterocycles. The molecule has 3 aromatic rings. The van der Waals surface area contributed by atoms with E-state index >= 15 is 0 Å². The highest BCUT2D eigenvalue weighted by Gasteiger charge is 2.44. The molecule has 0 bridgehead atoms. The number of nitrogens with one attached hydrogen (secondary N) is 1. The number of hydrogen-bond donors (Lipinski definition) is 1. The molecule has 1 heterocycles. The van der Waals surface area contributed by atoms with E-state index in [1.54, 1.807) is 24.1 Å². The number of halogens is 3. The van der Waals surface area contributed by atoms with Crippen LogP contribution in [-0.2, 0) is 12.7 Å². The first kappa shape index (κ1) is 28.5. The van der Waals surface area contributed by atoms with Crippen molar-refractivity contribution in [3.63, 3.8) is 0 Å². The van der Waals surface area contributed by atoms with E-state index in [1.165, 1.54) is 4.57 Å². The van der Waals surface area contributed by atoms with Gasteiger partial charge in [0, 0.05) is 18.7 Å². The third-order valence-electron chi connectivity index (χ3n) is 7.07. The summed E-state index contributed by atoms with van der Waals surface area (Å²) in [6, 6.07) is 15.3. The predicted octanol–water partition coefficient (Wildman–Crippen LogP) is 5.56. The topological polar surface area (TPSA) is 67.2 Å². The van der Waals surface area contributed by atoms with E-state index in [1.807, 2.05) is 63.2 Å². The normalized spacial score (nSPS) is 14.5. The highest BCUT2D eigenvalue weighted by molar-refractivity contribution is 5.94. The number of aryl methyl sites for hydroxylation is 1. The molecule has 9 heteroatoms. The molecule has 1 aliphatic carbocycles. The second-order valence-corrected chi connectivity index (χ2v) is 10.5.